The van der Waals surface area contributed by atoms with Gasteiger partial charge >= 0.3 is 0 Å². The summed E-state index contributed by atoms with van der Waals surface area (Å²) in [5.74, 6) is 1.07. The van der Waals surface area contributed by atoms with Crippen LogP contribution in [-0.4, -0.2) is 35.0 Å². The van der Waals surface area contributed by atoms with E-state index in [1.165, 1.54) is 64.6 Å². The molecule has 3 saturated heterocycles. The number of hydrogen-bond donors (Lipinski definition) is 0. The normalized spacial score (nSPS) is 42.0. The number of nitrogens with zero attached hydrogens (tertiary/aromatic N) is 1. The van der Waals surface area contributed by atoms with Crippen LogP contribution in [-0.2, 0) is 0 Å². The number of rotatable bonds is 2. The monoisotopic (exact) mass is 225 g/mol. The van der Waals surface area contributed by atoms with Crippen molar-refractivity contribution in [1.29, 1.82) is 0 Å². The van der Waals surface area contributed by atoms with Gasteiger partial charge in [0.05, 0.1) is 0 Å². The average molecular weight is 225 g/mol. The van der Waals surface area contributed by atoms with Crippen molar-refractivity contribution in [1.82, 2.24) is 4.90 Å². The lowest BCUT2D eigenvalue weighted by molar-refractivity contribution is 0.118. The van der Waals surface area contributed by atoms with Crippen LogP contribution in [0, 0.1) is 5.92 Å². The summed E-state index contributed by atoms with van der Waals surface area (Å²) >= 11 is 2.36. The Balaban J connectivity index is 1.54. The van der Waals surface area contributed by atoms with Crippen molar-refractivity contribution in [3.8, 4) is 0 Å². The molecule has 1 nitrogen and oxygen atoms in total. The SMILES string of the molecule is C1CCC(SC2CN3CCC2CC3)CC1. The number of hydrogen-bond acceptors (Lipinski definition) is 2. The lowest BCUT2D eigenvalue weighted by atomic mass is 9.88. The first-order chi connectivity index (χ1) is 7.42. The van der Waals surface area contributed by atoms with E-state index in [0.29, 0.717) is 0 Å². The van der Waals surface area contributed by atoms with Gasteiger partial charge in [0.2, 0.25) is 0 Å². The molecule has 2 heteroatoms. The van der Waals surface area contributed by atoms with Crippen LogP contribution in [0.1, 0.15) is 44.9 Å². The topological polar surface area (TPSA) is 3.24 Å². The van der Waals surface area contributed by atoms with Gasteiger partial charge in [0.15, 0.2) is 0 Å². The van der Waals surface area contributed by atoms with E-state index in [1.54, 1.807) is 0 Å². The predicted molar refractivity (Wildman–Crippen MR) is 67.4 cm³/mol. The van der Waals surface area contributed by atoms with E-state index in [1.807, 2.05) is 0 Å². The number of piperidine rings is 3. The summed E-state index contributed by atoms with van der Waals surface area (Å²) in [6.45, 7) is 4.20. The minimum atomic E-state index is 0.996. The fraction of sp³-hybridized carbons (Fsp3) is 1.00. The quantitative estimate of drug-likeness (QED) is 0.710. The van der Waals surface area contributed by atoms with Gasteiger partial charge in [-0.05, 0) is 44.7 Å². The van der Waals surface area contributed by atoms with Crippen LogP contribution in [0.5, 0.6) is 0 Å². The van der Waals surface area contributed by atoms with Crippen molar-refractivity contribution >= 4 is 11.8 Å². The van der Waals surface area contributed by atoms with Crippen LogP contribution >= 0.6 is 11.8 Å². The Hall–Kier alpha value is 0.310. The highest BCUT2D eigenvalue weighted by molar-refractivity contribution is 8.00. The van der Waals surface area contributed by atoms with Gasteiger partial charge in [0.1, 0.15) is 0 Å². The van der Waals surface area contributed by atoms with Crippen LogP contribution < -0.4 is 0 Å². The smallest absolute Gasteiger partial charge is 0.0206 e. The first kappa shape index (κ1) is 10.5. The maximum absolute atomic E-state index is 2.69. The van der Waals surface area contributed by atoms with Crippen LogP contribution in [0.4, 0.5) is 0 Å². The van der Waals surface area contributed by atoms with Gasteiger partial charge in [0.25, 0.3) is 0 Å². The molecule has 2 bridgehead atoms. The van der Waals surface area contributed by atoms with Crippen molar-refractivity contribution in [3.63, 3.8) is 0 Å². The Morgan fingerprint density at radius 3 is 2.20 bits per heavy atom. The summed E-state index contributed by atoms with van der Waals surface area (Å²) < 4.78 is 0. The second-order valence-corrected chi connectivity index (χ2v) is 7.12. The standard InChI is InChI=1S/C13H23NS/c1-2-4-12(5-3-1)15-13-10-14-8-6-11(13)7-9-14/h11-13H,1-10H2. The molecule has 0 aromatic heterocycles. The van der Waals surface area contributed by atoms with Crippen molar-refractivity contribution in [3.05, 3.63) is 0 Å². The third kappa shape index (κ3) is 2.36. The number of fused-ring (bicyclic) bond motifs is 3. The molecule has 0 aromatic rings. The lowest BCUT2D eigenvalue weighted by Crippen LogP contribution is -2.49. The summed E-state index contributed by atoms with van der Waals surface area (Å²) in [4.78, 5) is 2.69. The summed E-state index contributed by atoms with van der Waals surface area (Å²) in [5.41, 5.74) is 0. The molecule has 4 rings (SSSR count). The fourth-order valence-corrected chi connectivity index (χ4v) is 5.40. The van der Waals surface area contributed by atoms with Gasteiger partial charge in [-0.25, -0.2) is 0 Å². The predicted octanol–water partition coefficient (Wildman–Crippen LogP) is 3.15. The van der Waals surface area contributed by atoms with E-state index in [2.05, 4.69) is 16.7 Å². The molecule has 1 saturated carbocycles. The van der Waals surface area contributed by atoms with E-state index in [4.69, 9.17) is 0 Å². The van der Waals surface area contributed by atoms with E-state index >= 15 is 0 Å². The zero-order chi connectivity index (χ0) is 10.1. The summed E-state index contributed by atoms with van der Waals surface area (Å²) in [5, 5.41) is 2.01. The Labute approximate surface area is 98.0 Å². The molecular weight excluding hydrogens is 202 g/mol. The van der Waals surface area contributed by atoms with E-state index in [-0.39, 0.29) is 0 Å². The van der Waals surface area contributed by atoms with E-state index < -0.39 is 0 Å². The highest BCUT2D eigenvalue weighted by Crippen LogP contribution is 2.40. The van der Waals surface area contributed by atoms with Gasteiger partial charge in [-0.1, -0.05) is 19.3 Å². The molecule has 1 atom stereocenters. The Kier molecular flexibility index (Phi) is 3.25. The molecule has 15 heavy (non-hydrogen) atoms. The molecule has 1 aliphatic carbocycles. The first-order valence-electron chi connectivity index (χ1n) is 6.79. The zero-order valence-electron chi connectivity index (χ0n) is 9.66. The van der Waals surface area contributed by atoms with E-state index in [9.17, 15) is 0 Å². The fourth-order valence-electron chi connectivity index (χ4n) is 3.51. The Bertz CT molecular complexity index is 205. The van der Waals surface area contributed by atoms with Crippen LogP contribution in [0.25, 0.3) is 0 Å². The lowest BCUT2D eigenvalue weighted by Gasteiger charge is -2.45. The maximum Gasteiger partial charge on any atom is 0.0206 e. The second-order valence-electron chi connectivity index (χ2n) is 5.57. The van der Waals surface area contributed by atoms with Crippen LogP contribution in [0.2, 0.25) is 0 Å². The minimum absolute atomic E-state index is 0.996. The summed E-state index contributed by atoms with van der Waals surface area (Å²) in [7, 11) is 0. The summed E-state index contributed by atoms with van der Waals surface area (Å²) in [6.07, 6.45) is 10.5. The van der Waals surface area contributed by atoms with Crippen molar-refractivity contribution in [2.24, 2.45) is 5.92 Å². The molecule has 3 aliphatic heterocycles. The molecular formula is C13H23NS. The summed E-state index contributed by atoms with van der Waals surface area (Å²) in [6, 6.07) is 0. The zero-order valence-corrected chi connectivity index (χ0v) is 10.5. The third-order valence-corrected chi connectivity index (χ3v) is 6.26. The van der Waals surface area contributed by atoms with Gasteiger partial charge < -0.3 is 4.90 Å². The number of thioether (sulfide) groups is 1. The van der Waals surface area contributed by atoms with Gasteiger partial charge in [-0.15, -0.1) is 0 Å². The molecule has 0 aromatic carbocycles. The molecule has 0 spiro atoms. The Morgan fingerprint density at radius 1 is 0.867 bits per heavy atom. The van der Waals surface area contributed by atoms with Crippen molar-refractivity contribution in [2.45, 2.75) is 55.4 Å². The van der Waals surface area contributed by atoms with Gasteiger partial charge in [-0.3, -0.25) is 0 Å². The molecule has 4 aliphatic rings. The van der Waals surface area contributed by atoms with Gasteiger partial charge in [-0.2, -0.15) is 11.8 Å². The highest BCUT2D eigenvalue weighted by Gasteiger charge is 2.35. The van der Waals surface area contributed by atoms with Gasteiger partial charge in [0, 0.05) is 17.0 Å². The average Bonchev–Trinajstić information content (AvgIpc) is 2.32. The Morgan fingerprint density at radius 2 is 1.60 bits per heavy atom. The van der Waals surface area contributed by atoms with Crippen molar-refractivity contribution in [2.75, 3.05) is 19.6 Å². The minimum Gasteiger partial charge on any atom is -0.302 e. The van der Waals surface area contributed by atoms with E-state index in [0.717, 1.165) is 16.4 Å². The molecule has 0 radical (unpaired) electrons. The molecule has 86 valence electrons. The van der Waals surface area contributed by atoms with Crippen LogP contribution in [0.3, 0.4) is 0 Å². The molecule has 0 N–H and O–H groups in total. The highest BCUT2D eigenvalue weighted by atomic mass is 32.2. The molecule has 4 fully saturated rings. The largest absolute Gasteiger partial charge is 0.302 e. The van der Waals surface area contributed by atoms with Crippen LogP contribution in [0.15, 0.2) is 0 Å². The molecule has 0 amide bonds. The molecule has 1 unspecified atom stereocenters. The third-order valence-electron chi connectivity index (χ3n) is 4.52. The first-order valence-corrected chi connectivity index (χ1v) is 7.74. The maximum atomic E-state index is 2.69. The van der Waals surface area contributed by atoms with Crippen molar-refractivity contribution < 1.29 is 0 Å². The molecule has 3 heterocycles. The second kappa shape index (κ2) is 4.67.